The Hall–Kier alpha value is -2.48. The molecule has 146 valence electrons. The lowest BCUT2D eigenvalue weighted by Gasteiger charge is -2.13. The molecule has 0 unspecified atom stereocenters. The average molecular weight is 392 g/mol. The predicted octanol–water partition coefficient (Wildman–Crippen LogP) is 2.90. The molecule has 7 nitrogen and oxygen atoms in total. The molecule has 0 bridgehead atoms. The van der Waals surface area contributed by atoms with Crippen LogP contribution in [0.25, 0.3) is 6.08 Å². The van der Waals surface area contributed by atoms with Crippen LogP contribution >= 0.6 is 11.8 Å². The van der Waals surface area contributed by atoms with Crippen LogP contribution < -0.4 is 14.8 Å². The Balaban J connectivity index is 2.12. The third-order valence-corrected chi connectivity index (χ3v) is 4.58. The van der Waals surface area contributed by atoms with Crippen molar-refractivity contribution in [1.82, 2.24) is 10.2 Å². The first-order chi connectivity index (χ1) is 12.8. The van der Waals surface area contributed by atoms with E-state index in [1.165, 1.54) is 7.11 Å². The van der Waals surface area contributed by atoms with Crippen molar-refractivity contribution in [2.45, 2.75) is 20.8 Å². The van der Waals surface area contributed by atoms with Gasteiger partial charge in [0.25, 0.3) is 11.1 Å². The number of imide groups is 1. The number of hydrogen-bond acceptors (Lipinski definition) is 6. The summed E-state index contributed by atoms with van der Waals surface area (Å²) in [6.45, 7) is 6.54. The smallest absolute Gasteiger partial charge is 0.294 e. The number of benzene rings is 1. The number of nitrogens with zero attached hydrogens (tertiary/aromatic N) is 1. The van der Waals surface area contributed by atoms with Gasteiger partial charge in [-0.05, 0) is 48.4 Å². The van der Waals surface area contributed by atoms with E-state index in [1.807, 2.05) is 20.8 Å². The Kier molecular flexibility index (Phi) is 7.29. The Morgan fingerprint density at radius 2 is 2.04 bits per heavy atom. The van der Waals surface area contributed by atoms with Gasteiger partial charge in [0, 0.05) is 6.54 Å². The van der Waals surface area contributed by atoms with Crippen molar-refractivity contribution >= 4 is 34.9 Å². The third kappa shape index (κ3) is 5.50. The Morgan fingerprint density at radius 1 is 1.30 bits per heavy atom. The Morgan fingerprint density at radius 3 is 2.67 bits per heavy atom. The average Bonchev–Trinajstić information content (AvgIpc) is 2.88. The summed E-state index contributed by atoms with van der Waals surface area (Å²) in [5.74, 6) is 0.607. The van der Waals surface area contributed by atoms with Gasteiger partial charge in [-0.15, -0.1) is 0 Å². The predicted molar refractivity (Wildman–Crippen MR) is 105 cm³/mol. The SMILES string of the molecule is CCOc1ccc(/C=C2\SC(=O)N(CC(=O)NCC(C)C)C2=O)cc1OC. The van der Waals surface area contributed by atoms with Crippen LogP contribution in [0.15, 0.2) is 23.1 Å². The van der Waals surface area contributed by atoms with Crippen molar-refractivity contribution in [1.29, 1.82) is 0 Å². The molecule has 1 fully saturated rings. The maximum absolute atomic E-state index is 12.5. The molecule has 0 aromatic heterocycles. The summed E-state index contributed by atoms with van der Waals surface area (Å²) in [4.78, 5) is 37.8. The van der Waals surface area contributed by atoms with Crippen LogP contribution in [0.3, 0.4) is 0 Å². The molecule has 1 N–H and O–H groups in total. The minimum atomic E-state index is -0.474. The van der Waals surface area contributed by atoms with Gasteiger partial charge in [-0.25, -0.2) is 0 Å². The first kappa shape index (κ1) is 20.8. The second-order valence-corrected chi connectivity index (χ2v) is 7.30. The van der Waals surface area contributed by atoms with Crippen LogP contribution in [-0.2, 0) is 9.59 Å². The maximum atomic E-state index is 12.5. The highest BCUT2D eigenvalue weighted by Crippen LogP contribution is 2.34. The molecule has 1 heterocycles. The van der Waals surface area contributed by atoms with Crippen molar-refractivity contribution in [2.24, 2.45) is 5.92 Å². The summed E-state index contributed by atoms with van der Waals surface area (Å²) in [7, 11) is 1.53. The number of carbonyl (C=O) groups excluding carboxylic acids is 3. The highest BCUT2D eigenvalue weighted by molar-refractivity contribution is 8.18. The molecule has 27 heavy (non-hydrogen) atoms. The van der Waals surface area contributed by atoms with E-state index in [9.17, 15) is 14.4 Å². The molecule has 0 spiro atoms. The molecule has 1 aliphatic rings. The van der Waals surface area contributed by atoms with Crippen molar-refractivity contribution in [3.8, 4) is 11.5 Å². The van der Waals surface area contributed by atoms with Crippen LogP contribution in [0.1, 0.15) is 26.3 Å². The zero-order valence-corrected chi connectivity index (χ0v) is 16.7. The van der Waals surface area contributed by atoms with Crippen molar-refractivity contribution in [3.63, 3.8) is 0 Å². The van der Waals surface area contributed by atoms with Gasteiger partial charge in [-0.1, -0.05) is 19.9 Å². The lowest BCUT2D eigenvalue weighted by atomic mass is 10.2. The van der Waals surface area contributed by atoms with E-state index in [-0.39, 0.29) is 17.4 Å². The van der Waals surface area contributed by atoms with E-state index >= 15 is 0 Å². The van der Waals surface area contributed by atoms with E-state index in [1.54, 1.807) is 24.3 Å². The van der Waals surface area contributed by atoms with Gasteiger partial charge < -0.3 is 14.8 Å². The van der Waals surface area contributed by atoms with E-state index in [2.05, 4.69) is 5.32 Å². The molecule has 0 atom stereocenters. The van der Waals surface area contributed by atoms with Gasteiger partial charge in [0.15, 0.2) is 11.5 Å². The number of nitrogens with one attached hydrogen (secondary N) is 1. The Bertz CT molecular complexity index is 760. The summed E-state index contributed by atoms with van der Waals surface area (Å²) in [5, 5.41) is 2.25. The second kappa shape index (κ2) is 9.45. The summed E-state index contributed by atoms with van der Waals surface area (Å²) in [5.41, 5.74) is 0.699. The molecule has 0 aliphatic carbocycles. The van der Waals surface area contributed by atoms with E-state index in [0.717, 1.165) is 16.7 Å². The largest absolute Gasteiger partial charge is 0.493 e. The zero-order chi connectivity index (χ0) is 20.0. The molecule has 3 amide bonds. The van der Waals surface area contributed by atoms with E-state index in [4.69, 9.17) is 9.47 Å². The molecule has 1 aromatic carbocycles. The maximum Gasteiger partial charge on any atom is 0.294 e. The monoisotopic (exact) mass is 392 g/mol. The van der Waals surface area contributed by atoms with Crippen LogP contribution in [0.5, 0.6) is 11.5 Å². The molecular formula is C19H24N2O5S. The number of carbonyl (C=O) groups is 3. The summed E-state index contributed by atoms with van der Waals surface area (Å²) < 4.78 is 10.8. The second-order valence-electron chi connectivity index (χ2n) is 6.31. The summed E-state index contributed by atoms with van der Waals surface area (Å²) in [6.07, 6.45) is 1.61. The van der Waals surface area contributed by atoms with E-state index < -0.39 is 11.1 Å². The molecule has 2 rings (SSSR count). The quantitative estimate of drug-likeness (QED) is 0.685. The highest BCUT2D eigenvalue weighted by atomic mass is 32.2. The van der Waals surface area contributed by atoms with Gasteiger partial charge in [-0.2, -0.15) is 0 Å². The van der Waals surface area contributed by atoms with Crippen LogP contribution in [-0.4, -0.2) is 48.8 Å². The highest BCUT2D eigenvalue weighted by Gasteiger charge is 2.36. The van der Waals surface area contributed by atoms with Crippen molar-refractivity contribution < 1.29 is 23.9 Å². The van der Waals surface area contributed by atoms with Crippen molar-refractivity contribution in [2.75, 3.05) is 26.8 Å². The Labute approximate surface area is 163 Å². The summed E-state index contributed by atoms with van der Waals surface area (Å²) >= 11 is 0.817. The number of methoxy groups -OCH3 is 1. The minimum Gasteiger partial charge on any atom is -0.493 e. The number of rotatable bonds is 8. The van der Waals surface area contributed by atoms with Crippen molar-refractivity contribution in [3.05, 3.63) is 28.7 Å². The normalized spacial score (nSPS) is 15.6. The lowest BCUT2D eigenvalue weighted by molar-refractivity contribution is -0.129. The van der Waals surface area contributed by atoms with E-state index in [0.29, 0.717) is 36.1 Å². The number of thioether (sulfide) groups is 1. The molecule has 0 saturated carbocycles. The molecular weight excluding hydrogens is 368 g/mol. The number of hydrogen-bond donors (Lipinski definition) is 1. The first-order valence-corrected chi connectivity index (χ1v) is 9.50. The third-order valence-electron chi connectivity index (χ3n) is 3.67. The first-order valence-electron chi connectivity index (χ1n) is 8.68. The fourth-order valence-corrected chi connectivity index (χ4v) is 3.19. The molecule has 1 saturated heterocycles. The number of amides is 3. The zero-order valence-electron chi connectivity index (χ0n) is 15.9. The molecule has 1 aromatic rings. The van der Waals surface area contributed by atoms with Gasteiger partial charge >= 0.3 is 0 Å². The topological polar surface area (TPSA) is 84.9 Å². The molecule has 0 radical (unpaired) electrons. The van der Waals surface area contributed by atoms with Gasteiger partial charge in [0.1, 0.15) is 6.54 Å². The van der Waals surface area contributed by atoms with Crippen LogP contribution in [0, 0.1) is 5.92 Å². The summed E-state index contributed by atoms with van der Waals surface area (Å²) in [6, 6.07) is 5.25. The number of ether oxygens (including phenoxy) is 2. The standard InChI is InChI=1S/C19H24N2O5S/c1-5-26-14-7-6-13(8-15(14)25-4)9-16-18(23)21(19(24)27-16)11-17(22)20-10-12(2)3/h6-9,12H,5,10-11H2,1-4H3,(H,20,22)/b16-9-. The van der Waals surface area contributed by atoms with Gasteiger partial charge in [0.05, 0.1) is 18.6 Å². The van der Waals surface area contributed by atoms with Crippen LogP contribution in [0.2, 0.25) is 0 Å². The fourth-order valence-electron chi connectivity index (χ4n) is 2.35. The fraction of sp³-hybridized carbons (Fsp3) is 0.421. The minimum absolute atomic E-state index is 0.267. The molecule has 8 heteroatoms. The lowest BCUT2D eigenvalue weighted by Crippen LogP contribution is -2.40. The van der Waals surface area contributed by atoms with Gasteiger partial charge in [0.2, 0.25) is 5.91 Å². The van der Waals surface area contributed by atoms with Gasteiger partial charge in [-0.3, -0.25) is 19.3 Å². The molecule has 1 aliphatic heterocycles. The van der Waals surface area contributed by atoms with Crippen LogP contribution in [0.4, 0.5) is 4.79 Å².